The van der Waals surface area contributed by atoms with Crippen molar-refractivity contribution >= 4 is 28.5 Å². The number of anilines is 1. The van der Waals surface area contributed by atoms with E-state index in [1.807, 2.05) is 25.1 Å². The summed E-state index contributed by atoms with van der Waals surface area (Å²) in [6.07, 6.45) is 3.92. The first kappa shape index (κ1) is 20.8. The highest BCUT2D eigenvalue weighted by molar-refractivity contribution is 5.98. The SMILES string of the molecule is COC(=O)c1cccc2c1CCCN2C(=O)CCCn1cnc2c(C)cccc2c1=O. The van der Waals surface area contributed by atoms with Crippen LogP contribution in [0.1, 0.15) is 40.7 Å². The van der Waals surface area contributed by atoms with Crippen molar-refractivity contribution in [3.05, 3.63) is 69.8 Å². The molecule has 0 fully saturated rings. The van der Waals surface area contributed by atoms with Gasteiger partial charge in [-0.2, -0.15) is 0 Å². The number of carbonyl (C=O) groups excluding carboxylic acids is 2. The fourth-order valence-corrected chi connectivity index (χ4v) is 4.22. The normalized spacial score (nSPS) is 13.2. The highest BCUT2D eigenvalue weighted by Crippen LogP contribution is 2.31. The molecule has 2 heterocycles. The zero-order valence-electron chi connectivity index (χ0n) is 17.8. The van der Waals surface area contributed by atoms with Crippen LogP contribution in [-0.4, -0.2) is 35.1 Å². The number of hydrogen-bond donors (Lipinski definition) is 0. The van der Waals surface area contributed by atoms with Crippen LogP contribution in [0.25, 0.3) is 10.9 Å². The minimum atomic E-state index is -0.385. The third-order valence-electron chi connectivity index (χ3n) is 5.80. The molecular weight excluding hydrogens is 394 g/mol. The molecule has 1 aromatic heterocycles. The standard InChI is InChI=1S/C24H25N3O4/c1-16-7-3-9-19-22(16)25-15-26(23(19)29)13-6-12-21(28)27-14-5-10-17-18(24(30)31-2)8-4-11-20(17)27/h3-4,7-9,11,15H,5-6,10,12-14H2,1-2H3. The van der Waals surface area contributed by atoms with E-state index >= 15 is 0 Å². The molecule has 1 aliphatic rings. The number of benzene rings is 2. The van der Waals surface area contributed by atoms with Gasteiger partial charge in [0, 0.05) is 25.2 Å². The van der Waals surface area contributed by atoms with Crippen LogP contribution >= 0.6 is 0 Å². The minimum absolute atomic E-state index is 0.0133. The first-order valence-electron chi connectivity index (χ1n) is 10.5. The van der Waals surface area contributed by atoms with Crippen molar-refractivity contribution in [2.75, 3.05) is 18.6 Å². The van der Waals surface area contributed by atoms with E-state index in [0.29, 0.717) is 42.4 Å². The molecule has 160 valence electrons. The summed E-state index contributed by atoms with van der Waals surface area (Å²) in [5.41, 5.74) is 3.74. The Kier molecular flexibility index (Phi) is 5.84. The van der Waals surface area contributed by atoms with Gasteiger partial charge in [-0.1, -0.05) is 18.2 Å². The second kappa shape index (κ2) is 8.71. The summed E-state index contributed by atoms with van der Waals surface area (Å²) >= 11 is 0. The van der Waals surface area contributed by atoms with Gasteiger partial charge in [0.25, 0.3) is 5.56 Å². The topological polar surface area (TPSA) is 81.5 Å². The number of carbonyl (C=O) groups is 2. The number of aromatic nitrogens is 2. The zero-order valence-corrected chi connectivity index (χ0v) is 17.8. The lowest BCUT2D eigenvalue weighted by atomic mass is 9.96. The number of para-hydroxylation sites is 1. The number of fused-ring (bicyclic) bond motifs is 2. The Hall–Kier alpha value is -3.48. The molecule has 0 radical (unpaired) electrons. The smallest absolute Gasteiger partial charge is 0.338 e. The Morgan fingerprint density at radius 2 is 1.97 bits per heavy atom. The maximum absolute atomic E-state index is 13.0. The largest absolute Gasteiger partial charge is 0.465 e. The first-order valence-corrected chi connectivity index (χ1v) is 10.5. The summed E-state index contributed by atoms with van der Waals surface area (Å²) in [6, 6.07) is 10.9. The number of nitrogens with zero attached hydrogens (tertiary/aromatic N) is 3. The molecule has 0 saturated carbocycles. The van der Waals surface area contributed by atoms with Gasteiger partial charge in [-0.05, 0) is 55.5 Å². The fourth-order valence-electron chi connectivity index (χ4n) is 4.22. The molecule has 7 heteroatoms. The van der Waals surface area contributed by atoms with Crippen molar-refractivity contribution in [2.24, 2.45) is 0 Å². The summed E-state index contributed by atoms with van der Waals surface area (Å²) in [7, 11) is 1.36. The molecular formula is C24H25N3O4. The summed E-state index contributed by atoms with van der Waals surface area (Å²) < 4.78 is 6.44. The van der Waals surface area contributed by atoms with Gasteiger partial charge in [0.2, 0.25) is 5.91 Å². The molecule has 0 bridgehead atoms. The molecule has 4 rings (SSSR count). The van der Waals surface area contributed by atoms with Gasteiger partial charge in [-0.15, -0.1) is 0 Å². The van der Waals surface area contributed by atoms with E-state index < -0.39 is 0 Å². The molecule has 1 aliphatic heterocycles. The average molecular weight is 419 g/mol. The van der Waals surface area contributed by atoms with E-state index in [0.717, 1.165) is 29.7 Å². The number of amides is 1. The van der Waals surface area contributed by atoms with Gasteiger partial charge < -0.3 is 9.64 Å². The number of esters is 1. The van der Waals surface area contributed by atoms with Gasteiger partial charge >= 0.3 is 5.97 Å². The molecule has 7 nitrogen and oxygen atoms in total. The molecule has 0 saturated heterocycles. The van der Waals surface area contributed by atoms with Crippen LogP contribution in [0.5, 0.6) is 0 Å². The molecule has 2 aromatic carbocycles. The average Bonchev–Trinajstić information content (AvgIpc) is 2.79. The van der Waals surface area contributed by atoms with Crippen molar-refractivity contribution in [3.63, 3.8) is 0 Å². The molecule has 0 unspecified atom stereocenters. The molecule has 31 heavy (non-hydrogen) atoms. The maximum Gasteiger partial charge on any atom is 0.338 e. The van der Waals surface area contributed by atoms with E-state index in [1.54, 1.807) is 34.0 Å². The summed E-state index contributed by atoms with van der Waals surface area (Å²) in [5.74, 6) is -0.398. The Labute approximate surface area is 180 Å². The molecule has 0 aliphatic carbocycles. The maximum atomic E-state index is 13.0. The highest BCUT2D eigenvalue weighted by Gasteiger charge is 2.26. The molecule has 0 spiro atoms. The van der Waals surface area contributed by atoms with Crippen molar-refractivity contribution < 1.29 is 14.3 Å². The van der Waals surface area contributed by atoms with Crippen LogP contribution in [0.4, 0.5) is 5.69 Å². The second-order valence-corrected chi connectivity index (χ2v) is 7.76. The lowest BCUT2D eigenvalue weighted by molar-refractivity contribution is -0.118. The molecule has 0 N–H and O–H groups in total. The second-order valence-electron chi connectivity index (χ2n) is 7.76. The predicted octanol–water partition coefficient (Wildman–Crippen LogP) is 3.25. The van der Waals surface area contributed by atoms with Crippen LogP contribution in [-0.2, 0) is 22.5 Å². The van der Waals surface area contributed by atoms with Crippen molar-refractivity contribution in [1.29, 1.82) is 0 Å². The summed E-state index contributed by atoms with van der Waals surface area (Å²) in [5, 5.41) is 0.592. The lowest BCUT2D eigenvalue weighted by Crippen LogP contribution is -2.36. The van der Waals surface area contributed by atoms with Gasteiger partial charge in [-0.25, -0.2) is 9.78 Å². The summed E-state index contributed by atoms with van der Waals surface area (Å²) in [6.45, 7) is 2.97. The van der Waals surface area contributed by atoms with E-state index in [-0.39, 0.29) is 17.4 Å². The van der Waals surface area contributed by atoms with Crippen LogP contribution in [0.15, 0.2) is 47.5 Å². The van der Waals surface area contributed by atoms with E-state index in [1.165, 1.54) is 7.11 Å². The van der Waals surface area contributed by atoms with Gasteiger partial charge in [0.05, 0.1) is 29.9 Å². The fraction of sp³-hybridized carbons (Fsp3) is 0.333. The van der Waals surface area contributed by atoms with Crippen molar-refractivity contribution in [3.8, 4) is 0 Å². The monoisotopic (exact) mass is 419 g/mol. The number of hydrogen-bond acceptors (Lipinski definition) is 5. The van der Waals surface area contributed by atoms with Crippen LogP contribution in [0.3, 0.4) is 0 Å². The Morgan fingerprint density at radius 3 is 2.77 bits per heavy atom. The Balaban J connectivity index is 1.48. The Morgan fingerprint density at radius 1 is 1.16 bits per heavy atom. The van der Waals surface area contributed by atoms with Crippen LogP contribution < -0.4 is 10.5 Å². The summed E-state index contributed by atoms with van der Waals surface area (Å²) in [4.78, 5) is 43.9. The van der Waals surface area contributed by atoms with Gasteiger partial charge in [0.15, 0.2) is 0 Å². The minimum Gasteiger partial charge on any atom is -0.465 e. The molecule has 0 atom stereocenters. The Bertz CT molecular complexity index is 1220. The van der Waals surface area contributed by atoms with Gasteiger partial charge in [0.1, 0.15) is 0 Å². The first-order chi connectivity index (χ1) is 15.0. The third kappa shape index (κ3) is 3.95. The van der Waals surface area contributed by atoms with E-state index in [9.17, 15) is 14.4 Å². The molecule has 3 aromatic rings. The van der Waals surface area contributed by atoms with Gasteiger partial charge in [-0.3, -0.25) is 14.2 Å². The van der Waals surface area contributed by atoms with E-state index in [4.69, 9.17) is 4.74 Å². The van der Waals surface area contributed by atoms with Crippen molar-refractivity contribution in [2.45, 2.75) is 39.2 Å². The number of ether oxygens (including phenoxy) is 1. The quantitative estimate of drug-likeness (QED) is 0.593. The zero-order chi connectivity index (χ0) is 22.0. The molecule has 1 amide bonds. The van der Waals surface area contributed by atoms with Crippen molar-refractivity contribution in [1.82, 2.24) is 9.55 Å². The lowest BCUT2D eigenvalue weighted by Gasteiger charge is -2.30. The highest BCUT2D eigenvalue weighted by atomic mass is 16.5. The third-order valence-corrected chi connectivity index (χ3v) is 5.80. The number of methoxy groups -OCH3 is 1. The van der Waals surface area contributed by atoms with Crippen LogP contribution in [0.2, 0.25) is 0 Å². The van der Waals surface area contributed by atoms with E-state index in [2.05, 4.69) is 4.98 Å². The predicted molar refractivity (Wildman–Crippen MR) is 118 cm³/mol. The number of aryl methyl sites for hydroxylation is 2. The van der Waals surface area contributed by atoms with Crippen LogP contribution in [0, 0.1) is 6.92 Å². The number of rotatable bonds is 5.